The third-order valence-corrected chi connectivity index (χ3v) is 5.89. The second kappa shape index (κ2) is 6.15. The number of carboxylic acids is 1. The fraction of sp³-hybridized carbons (Fsp3) is 0.533. The Kier molecular flexibility index (Phi) is 4.68. The molecule has 0 radical (unpaired) electrons. The van der Waals surface area contributed by atoms with E-state index in [1.807, 2.05) is 0 Å². The zero-order valence-electron chi connectivity index (χ0n) is 12.2. The van der Waals surface area contributed by atoms with Crippen LogP contribution in [0.3, 0.4) is 0 Å². The highest BCUT2D eigenvalue weighted by Gasteiger charge is 2.30. The van der Waals surface area contributed by atoms with Crippen molar-refractivity contribution in [1.82, 2.24) is 4.72 Å². The molecule has 3 unspecified atom stereocenters. The van der Waals surface area contributed by atoms with Gasteiger partial charge in [0.15, 0.2) is 0 Å². The van der Waals surface area contributed by atoms with E-state index in [2.05, 4.69) is 18.6 Å². The summed E-state index contributed by atoms with van der Waals surface area (Å²) in [6.07, 6.45) is 2.95. The second-order valence-corrected chi connectivity index (χ2v) is 7.54. The molecule has 21 heavy (non-hydrogen) atoms. The molecule has 1 aromatic carbocycles. The molecular formula is C15H21NO4S. The van der Waals surface area contributed by atoms with Crippen molar-refractivity contribution in [3.63, 3.8) is 0 Å². The van der Waals surface area contributed by atoms with Crippen molar-refractivity contribution in [3.05, 3.63) is 29.8 Å². The molecule has 0 aliphatic heterocycles. The van der Waals surface area contributed by atoms with Gasteiger partial charge in [0, 0.05) is 6.04 Å². The highest BCUT2D eigenvalue weighted by atomic mass is 32.2. The molecule has 2 rings (SSSR count). The van der Waals surface area contributed by atoms with Gasteiger partial charge in [0.05, 0.1) is 10.5 Å². The molecule has 0 heterocycles. The summed E-state index contributed by atoms with van der Waals surface area (Å²) in [5.74, 6) is -0.375. The minimum Gasteiger partial charge on any atom is -0.478 e. The first-order chi connectivity index (χ1) is 9.81. The third-order valence-electron chi connectivity index (χ3n) is 4.40. The molecule has 1 fully saturated rings. The van der Waals surface area contributed by atoms with Gasteiger partial charge < -0.3 is 5.11 Å². The van der Waals surface area contributed by atoms with Crippen molar-refractivity contribution in [3.8, 4) is 0 Å². The molecule has 0 saturated heterocycles. The lowest BCUT2D eigenvalue weighted by Crippen LogP contribution is -2.43. The number of benzene rings is 1. The Hall–Kier alpha value is -1.40. The molecular weight excluding hydrogens is 290 g/mol. The fourth-order valence-electron chi connectivity index (χ4n) is 2.81. The summed E-state index contributed by atoms with van der Waals surface area (Å²) in [4.78, 5) is 11.0. The molecule has 1 aliphatic rings. The second-order valence-electron chi connectivity index (χ2n) is 5.83. The number of aromatic carboxylic acids is 1. The molecule has 0 aromatic heterocycles. The third kappa shape index (κ3) is 3.63. The molecule has 1 saturated carbocycles. The van der Waals surface area contributed by atoms with Crippen LogP contribution in [0, 0.1) is 11.8 Å². The maximum Gasteiger partial charge on any atom is 0.335 e. The van der Waals surface area contributed by atoms with Crippen LogP contribution in [0.15, 0.2) is 29.2 Å². The van der Waals surface area contributed by atoms with Crippen LogP contribution < -0.4 is 4.72 Å². The maximum absolute atomic E-state index is 12.4. The zero-order chi connectivity index (χ0) is 15.6. The van der Waals surface area contributed by atoms with E-state index in [1.165, 1.54) is 24.3 Å². The van der Waals surface area contributed by atoms with Crippen LogP contribution in [-0.2, 0) is 10.0 Å². The number of hydrogen-bond donors (Lipinski definition) is 2. The van der Waals surface area contributed by atoms with Crippen molar-refractivity contribution in [2.75, 3.05) is 0 Å². The van der Waals surface area contributed by atoms with E-state index < -0.39 is 16.0 Å². The van der Waals surface area contributed by atoms with Gasteiger partial charge in [-0.3, -0.25) is 0 Å². The fourth-order valence-corrected chi connectivity index (χ4v) is 4.22. The standard InChI is InChI=1S/C15H21NO4S/c1-10-5-3-8-14(11(10)2)16-21(19,20)13-7-4-6-12(9-13)15(17)18/h4,6-7,9-11,14,16H,3,5,8H2,1-2H3,(H,17,18). The molecule has 0 bridgehead atoms. The minimum atomic E-state index is -3.69. The van der Waals surface area contributed by atoms with Gasteiger partial charge in [-0.1, -0.05) is 32.8 Å². The van der Waals surface area contributed by atoms with Crippen LogP contribution >= 0.6 is 0 Å². The Morgan fingerprint density at radius 2 is 2.00 bits per heavy atom. The minimum absolute atomic E-state index is 0.00725. The van der Waals surface area contributed by atoms with E-state index >= 15 is 0 Å². The summed E-state index contributed by atoms with van der Waals surface area (Å²) < 4.78 is 27.6. The average Bonchev–Trinajstić information content (AvgIpc) is 2.44. The molecule has 2 N–H and O–H groups in total. The van der Waals surface area contributed by atoms with Crippen molar-refractivity contribution < 1.29 is 18.3 Å². The zero-order valence-corrected chi connectivity index (χ0v) is 13.1. The molecule has 1 aromatic rings. The molecule has 6 heteroatoms. The first-order valence-corrected chi connectivity index (χ1v) is 8.65. The number of carbonyl (C=O) groups is 1. The summed E-state index contributed by atoms with van der Waals surface area (Å²) in [7, 11) is -3.69. The summed E-state index contributed by atoms with van der Waals surface area (Å²) >= 11 is 0. The molecule has 1 aliphatic carbocycles. The quantitative estimate of drug-likeness (QED) is 0.895. The maximum atomic E-state index is 12.4. The number of carboxylic acid groups (broad SMARTS) is 1. The van der Waals surface area contributed by atoms with E-state index in [1.54, 1.807) is 0 Å². The van der Waals surface area contributed by atoms with Crippen molar-refractivity contribution >= 4 is 16.0 Å². The van der Waals surface area contributed by atoms with Gasteiger partial charge in [-0.2, -0.15) is 0 Å². The van der Waals surface area contributed by atoms with E-state index in [0.717, 1.165) is 19.3 Å². The van der Waals surface area contributed by atoms with E-state index in [0.29, 0.717) is 5.92 Å². The van der Waals surface area contributed by atoms with Crippen molar-refractivity contribution in [1.29, 1.82) is 0 Å². The van der Waals surface area contributed by atoms with Gasteiger partial charge in [-0.25, -0.2) is 17.9 Å². The van der Waals surface area contributed by atoms with Gasteiger partial charge >= 0.3 is 5.97 Å². The smallest absolute Gasteiger partial charge is 0.335 e. The Morgan fingerprint density at radius 3 is 2.67 bits per heavy atom. The van der Waals surface area contributed by atoms with E-state index in [9.17, 15) is 13.2 Å². The largest absolute Gasteiger partial charge is 0.478 e. The lowest BCUT2D eigenvalue weighted by molar-refractivity contribution is 0.0696. The molecule has 5 nitrogen and oxygen atoms in total. The lowest BCUT2D eigenvalue weighted by Gasteiger charge is -2.34. The first kappa shape index (κ1) is 16.0. The van der Waals surface area contributed by atoms with E-state index in [-0.39, 0.29) is 22.4 Å². The highest BCUT2D eigenvalue weighted by Crippen LogP contribution is 2.30. The monoisotopic (exact) mass is 311 g/mol. The van der Waals surface area contributed by atoms with Gasteiger partial charge in [0.2, 0.25) is 10.0 Å². The van der Waals surface area contributed by atoms with Crippen LogP contribution in [0.25, 0.3) is 0 Å². The summed E-state index contributed by atoms with van der Waals surface area (Å²) in [6, 6.07) is 5.36. The summed E-state index contributed by atoms with van der Waals surface area (Å²) in [5.41, 5.74) is -0.0251. The topological polar surface area (TPSA) is 83.5 Å². The molecule has 3 atom stereocenters. The Labute approximate surface area is 125 Å². The lowest BCUT2D eigenvalue weighted by atomic mass is 9.78. The van der Waals surface area contributed by atoms with Crippen LogP contribution in [-0.4, -0.2) is 25.5 Å². The predicted octanol–water partition coefficient (Wildman–Crippen LogP) is 2.49. The number of rotatable bonds is 4. The molecule has 0 spiro atoms. The van der Waals surface area contributed by atoms with Crippen LogP contribution in [0.1, 0.15) is 43.5 Å². The number of sulfonamides is 1. The van der Waals surface area contributed by atoms with Gasteiger partial charge in [-0.05, 0) is 36.5 Å². The van der Waals surface area contributed by atoms with Crippen molar-refractivity contribution in [2.45, 2.75) is 44.0 Å². The Bertz CT molecular complexity index is 626. The average molecular weight is 311 g/mol. The van der Waals surface area contributed by atoms with Gasteiger partial charge in [-0.15, -0.1) is 0 Å². The predicted molar refractivity (Wildman–Crippen MR) is 79.7 cm³/mol. The van der Waals surface area contributed by atoms with Crippen molar-refractivity contribution in [2.24, 2.45) is 11.8 Å². The van der Waals surface area contributed by atoms with E-state index in [4.69, 9.17) is 5.11 Å². The van der Waals surface area contributed by atoms with Crippen LogP contribution in [0.4, 0.5) is 0 Å². The normalized spacial score (nSPS) is 26.5. The van der Waals surface area contributed by atoms with Crippen LogP contribution in [0.5, 0.6) is 0 Å². The van der Waals surface area contributed by atoms with Gasteiger partial charge in [0.1, 0.15) is 0 Å². The highest BCUT2D eigenvalue weighted by molar-refractivity contribution is 7.89. The molecule has 0 amide bonds. The summed E-state index contributed by atoms with van der Waals surface area (Å²) in [5, 5.41) is 8.96. The SMILES string of the molecule is CC1CCCC(NS(=O)(=O)c2cccc(C(=O)O)c2)C1C. The Morgan fingerprint density at radius 1 is 1.29 bits per heavy atom. The Balaban J connectivity index is 2.22. The van der Waals surface area contributed by atoms with Crippen LogP contribution in [0.2, 0.25) is 0 Å². The number of nitrogens with one attached hydrogen (secondary N) is 1. The summed E-state index contributed by atoms with van der Waals surface area (Å²) in [6.45, 7) is 4.20. The number of hydrogen-bond acceptors (Lipinski definition) is 3. The van der Waals surface area contributed by atoms with Gasteiger partial charge in [0.25, 0.3) is 0 Å². The first-order valence-electron chi connectivity index (χ1n) is 7.17. The molecule has 116 valence electrons.